The Labute approximate surface area is 64.9 Å². The minimum Gasteiger partial charge on any atom is -0.380 e. The zero-order valence-electron chi connectivity index (χ0n) is 5.65. The van der Waals surface area contributed by atoms with Gasteiger partial charge in [-0.15, -0.1) is 0 Å². The molecule has 0 fully saturated rings. The van der Waals surface area contributed by atoms with E-state index in [-0.39, 0.29) is 0 Å². The van der Waals surface area contributed by atoms with E-state index in [1.165, 1.54) is 0 Å². The molecule has 1 unspecified atom stereocenters. The van der Waals surface area contributed by atoms with Crippen LogP contribution in [0.2, 0.25) is 0 Å². The highest BCUT2D eigenvalue weighted by Crippen LogP contribution is 2.07. The molecule has 0 amide bonds. The van der Waals surface area contributed by atoms with Gasteiger partial charge in [0.2, 0.25) is 0 Å². The van der Waals surface area contributed by atoms with Gasteiger partial charge in [0.25, 0.3) is 0 Å². The first-order chi connectivity index (χ1) is 3.72. The van der Waals surface area contributed by atoms with Gasteiger partial charge in [-0.2, -0.15) is 0 Å². The lowest BCUT2D eigenvalue weighted by molar-refractivity contribution is 0.0866. The van der Waals surface area contributed by atoms with E-state index in [4.69, 9.17) is 4.74 Å². The van der Waals surface area contributed by atoms with Gasteiger partial charge in [-0.05, 0) is 5.92 Å². The van der Waals surface area contributed by atoms with Gasteiger partial charge in [-0.25, -0.2) is 0 Å². The SMILES string of the molecule is COC(CI)C(C)C. The molecule has 1 nitrogen and oxygen atoms in total. The maximum Gasteiger partial charge on any atom is 0.0683 e. The molecule has 0 spiro atoms. The quantitative estimate of drug-likeness (QED) is 0.530. The van der Waals surface area contributed by atoms with E-state index in [2.05, 4.69) is 36.4 Å². The summed E-state index contributed by atoms with van der Waals surface area (Å²) in [5, 5.41) is 0. The standard InChI is InChI=1S/C6H13IO/c1-5(2)6(4-7)8-3/h5-6H,4H2,1-3H3. The average Bonchev–Trinajstić information content (AvgIpc) is 1.69. The number of rotatable bonds is 3. The molecule has 0 aliphatic carbocycles. The maximum absolute atomic E-state index is 5.15. The van der Waals surface area contributed by atoms with Gasteiger partial charge in [-0.1, -0.05) is 36.4 Å². The van der Waals surface area contributed by atoms with Crippen LogP contribution in [0.25, 0.3) is 0 Å². The second kappa shape index (κ2) is 4.56. The van der Waals surface area contributed by atoms with E-state index in [0.29, 0.717) is 12.0 Å². The molecule has 0 heterocycles. The molecule has 8 heavy (non-hydrogen) atoms. The molecule has 0 aliphatic heterocycles. The number of ether oxygens (including phenoxy) is 1. The Bertz CT molecular complexity index is 50.5. The van der Waals surface area contributed by atoms with Crippen molar-refractivity contribution in [2.75, 3.05) is 11.5 Å². The highest BCUT2D eigenvalue weighted by molar-refractivity contribution is 14.1. The Kier molecular flexibility index (Phi) is 4.95. The summed E-state index contributed by atoms with van der Waals surface area (Å²) in [4.78, 5) is 0. The van der Waals surface area contributed by atoms with Crippen LogP contribution in [0.1, 0.15) is 13.8 Å². The van der Waals surface area contributed by atoms with Gasteiger partial charge in [-0.3, -0.25) is 0 Å². The topological polar surface area (TPSA) is 9.23 Å². The first kappa shape index (κ1) is 8.69. The van der Waals surface area contributed by atoms with Crippen LogP contribution in [-0.4, -0.2) is 17.6 Å². The number of hydrogen-bond acceptors (Lipinski definition) is 1. The van der Waals surface area contributed by atoms with Crippen LogP contribution in [0, 0.1) is 5.92 Å². The van der Waals surface area contributed by atoms with Crippen molar-refractivity contribution in [1.29, 1.82) is 0 Å². The van der Waals surface area contributed by atoms with Crippen molar-refractivity contribution in [3.8, 4) is 0 Å². The van der Waals surface area contributed by atoms with E-state index in [0.717, 1.165) is 4.43 Å². The fraction of sp³-hybridized carbons (Fsp3) is 1.00. The fourth-order valence-electron chi connectivity index (χ4n) is 0.513. The maximum atomic E-state index is 5.15. The number of methoxy groups -OCH3 is 1. The predicted octanol–water partition coefficient (Wildman–Crippen LogP) is 2.09. The largest absolute Gasteiger partial charge is 0.380 e. The Morgan fingerprint density at radius 1 is 1.50 bits per heavy atom. The molecule has 0 aromatic carbocycles. The van der Waals surface area contributed by atoms with Crippen molar-refractivity contribution >= 4 is 22.6 Å². The van der Waals surface area contributed by atoms with Gasteiger partial charge in [0.15, 0.2) is 0 Å². The zero-order chi connectivity index (χ0) is 6.57. The molecule has 2 heteroatoms. The summed E-state index contributed by atoms with van der Waals surface area (Å²) < 4.78 is 6.24. The van der Waals surface area contributed by atoms with E-state index in [1.807, 2.05) is 0 Å². The first-order valence-electron chi connectivity index (χ1n) is 2.81. The Morgan fingerprint density at radius 2 is 2.00 bits per heavy atom. The van der Waals surface area contributed by atoms with Gasteiger partial charge in [0.1, 0.15) is 0 Å². The van der Waals surface area contributed by atoms with Crippen molar-refractivity contribution in [2.24, 2.45) is 5.92 Å². The van der Waals surface area contributed by atoms with E-state index >= 15 is 0 Å². The number of alkyl halides is 1. The van der Waals surface area contributed by atoms with Crippen molar-refractivity contribution in [3.63, 3.8) is 0 Å². The minimum absolute atomic E-state index is 0.440. The molecular weight excluding hydrogens is 215 g/mol. The van der Waals surface area contributed by atoms with Crippen LogP contribution >= 0.6 is 22.6 Å². The lowest BCUT2D eigenvalue weighted by Gasteiger charge is -2.14. The Hall–Kier alpha value is 0.690. The molecule has 0 rings (SSSR count). The summed E-state index contributed by atoms with van der Waals surface area (Å²) in [6.07, 6.45) is 0.440. The molecule has 0 aromatic heterocycles. The lowest BCUT2D eigenvalue weighted by Crippen LogP contribution is -2.18. The smallest absolute Gasteiger partial charge is 0.0683 e. The first-order valence-corrected chi connectivity index (χ1v) is 4.33. The summed E-state index contributed by atoms with van der Waals surface area (Å²) >= 11 is 2.34. The molecule has 50 valence electrons. The molecule has 0 bridgehead atoms. The Balaban J connectivity index is 3.35. The van der Waals surface area contributed by atoms with Crippen molar-refractivity contribution in [3.05, 3.63) is 0 Å². The highest BCUT2D eigenvalue weighted by Gasteiger charge is 2.08. The van der Waals surface area contributed by atoms with Crippen molar-refractivity contribution in [2.45, 2.75) is 20.0 Å². The molecule has 0 saturated heterocycles. The van der Waals surface area contributed by atoms with Gasteiger partial charge >= 0.3 is 0 Å². The summed E-state index contributed by atoms with van der Waals surface area (Å²) in [5.74, 6) is 0.650. The third-order valence-corrected chi connectivity index (χ3v) is 2.07. The zero-order valence-corrected chi connectivity index (χ0v) is 7.81. The second-order valence-electron chi connectivity index (χ2n) is 2.17. The third kappa shape index (κ3) is 2.87. The average molecular weight is 228 g/mol. The summed E-state index contributed by atoms with van der Waals surface area (Å²) in [5.41, 5.74) is 0. The molecule has 0 aliphatic rings. The second-order valence-corrected chi connectivity index (χ2v) is 3.05. The summed E-state index contributed by atoms with van der Waals surface area (Å²) in [6, 6.07) is 0. The monoisotopic (exact) mass is 228 g/mol. The van der Waals surface area contributed by atoms with E-state index in [1.54, 1.807) is 7.11 Å². The van der Waals surface area contributed by atoms with Crippen molar-refractivity contribution < 1.29 is 4.74 Å². The minimum atomic E-state index is 0.440. The molecule has 0 saturated carbocycles. The summed E-state index contributed by atoms with van der Waals surface area (Å²) in [7, 11) is 1.77. The van der Waals surface area contributed by atoms with Crippen LogP contribution in [0.4, 0.5) is 0 Å². The lowest BCUT2D eigenvalue weighted by atomic mass is 10.1. The summed E-state index contributed by atoms with van der Waals surface area (Å²) in [6.45, 7) is 4.35. The van der Waals surface area contributed by atoms with Crippen LogP contribution in [0.3, 0.4) is 0 Å². The van der Waals surface area contributed by atoms with Crippen LogP contribution in [0.5, 0.6) is 0 Å². The molecule has 1 atom stereocenters. The fourth-order valence-corrected chi connectivity index (χ4v) is 1.89. The third-order valence-electron chi connectivity index (χ3n) is 1.20. The van der Waals surface area contributed by atoms with Crippen LogP contribution < -0.4 is 0 Å². The molecular formula is C6H13IO. The Morgan fingerprint density at radius 3 is 2.00 bits per heavy atom. The predicted molar refractivity (Wildman–Crippen MR) is 44.5 cm³/mol. The van der Waals surface area contributed by atoms with Gasteiger partial charge < -0.3 is 4.74 Å². The van der Waals surface area contributed by atoms with Gasteiger partial charge in [0, 0.05) is 11.5 Å². The highest BCUT2D eigenvalue weighted by atomic mass is 127. The van der Waals surface area contributed by atoms with Crippen LogP contribution in [-0.2, 0) is 4.74 Å². The van der Waals surface area contributed by atoms with E-state index in [9.17, 15) is 0 Å². The normalized spacial score (nSPS) is 14.6. The number of halogens is 1. The molecule has 0 aromatic rings. The van der Waals surface area contributed by atoms with Gasteiger partial charge in [0.05, 0.1) is 6.10 Å². The molecule has 0 radical (unpaired) electrons. The van der Waals surface area contributed by atoms with Crippen molar-refractivity contribution in [1.82, 2.24) is 0 Å². The molecule has 0 N–H and O–H groups in total. The number of hydrogen-bond donors (Lipinski definition) is 0. The van der Waals surface area contributed by atoms with Crippen LogP contribution in [0.15, 0.2) is 0 Å². The van der Waals surface area contributed by atoms with E-state index < -0.39 is 0 Å².